The number of carbonyl (C=O) groups is 1. The van der Waals surface area contributed by atoms with Crippen LogP contribution in [0.3, 0.4) is 0 Å². The average Bonchev–Trinajstić information content (AvgIpc) is 3.33. The number of hydrogen-bond donors (Lipinski definition) is 1. The topological polar surface area (TPSA) is 95.1 Å². The van der Waals surface area contributed by atoms with E-state index in [2.05, 4.69) is 20.6 Å². The quantitative estimate of drug-likeness (QED) is 0.784. The van der Waals surface area contributed by atoms with Crippen molar-refractivity contribution < 1.29 is 14.1 Å². The number of fused-ring (bicyclic) bond motifs is 1. The number of aromatic nitrogens is 4. The minimum atomic E-state index is -0.268. The summed E-state index contributed by atoms with van der Waals surface area (Å²) in [6, 6.07) is 7.60. The first kappa shape index (κ1) is 14.8. The Hall–Kier alpha value is -2.74. The molecule has 0 spiro atoms. The molecule has 3 aromatic rings. The normalized spacial score (nSPS) is 17.5. The Labute approximate surface area is 137 Å². The summed E-state index contributed by atoms with van der Waals surface area (Å²) < 4.78 is 12.4. The van der Waals surface area contributed by atoms with E-state index in [-0.39, 0.29) is 18.6 Å². The number of ether oxygens (including phenoxy) is 1. The molecule has 0 aliphatic carbocycles. The van der Waals surface area contributed by atoms with Gasteiger partial charge in [0.1, 0.15) is 6.10 Å². The zero-order valence-electron chi connectivity index (χ0n) is 13.2. The van der Waals surface area contributed by atoms with Crippen LogP contribution in [0.4, 0.5) is 0 Å². The van der Waals surface area contributed by atoms with E-state index in [0.717, 1.165) is 23.7 Å². The van der Waals surface area contributed by atoms with Gasteiger partial charge < -0.3 is 14.6 Å². The van der Waals surface area contributed by atoms with Gasteiger partial charge in [-0.2, -0.15) is 10.1 Å². The lowest BCUT2D eigenvalue weighted by Gasteiger charge is -2.01. The highest BCUT2D eigenvalue weighted by Crippen LogP contribution is 2.26. The second kappa shape index (κ2) is 6.04. The van der Waals surface area contributed by atoms with Crippen LogP contribution in [0, 0.1) is 0 Å². The molecule has 8 heteroatoms. The first-order chi connectivity index (χ1) is 11.7. The first-order valence-electron chi connectivity index (χ1n) is 7.86. The zero-order chi connectivity index (χ0) is 16.5. The Kier molecular flexibility index (Phi) is 3.73. The average molecular weight is 327 g/mol. The van der Waals surface area contributed by atoms with Gasteiger partial charge in [-0.05, 0) is 18.9 Å². The van der Waals surface area contributed by atoms with Gasteiger partial charge in [0.25, 0.3) is 11.8 Å². The molecule has 1 saturated heterocycles. The zero-order valence-corrected chi connectivity index (χ0v) is 13.2. The Morgan fingerprint density at radius 3 is 3.12 bits per heavy atom. The smallest absolute Gasteiger partial charge is 0.272 e. The maximum Gasteiger partial charge on any atom is 0.272 e. The highest BCUT2D eigenvalue weighted by atomic mass is 16.5. The van der Waals surface area contributed by atoms with Crippen LogP contribution in [0.2, 0.25) is 0 Å². The molecular formula is C16H17N5O3. The van der Waals surface area contributed by atoms with Crippen molar-refractivity contribution in [1.29, 1.82) is 0 Å². The summed E-state index contributed by atoms with van der Waals surface area (Å²) in [7, 11) is 1.81. The summed E-state index contributed by atoms with van der Waals surface area (Å²) >= 11 is 0. The van der Waals surface area contributed by atoms with Crippen LogP contribution in [-0.2, 0) is 18.3 Å². The molecule has 1 fully saturated rings. The van der Waals surface area contributed by atoms with Gasteiger partial charge in [0.2, 0.25) is 0 Å². The van der Waals surface area contributed by atoms with Crippen molar-refractivity contribution in [3.05, 3.63) is 41.7 Å². The fourth-order valence-corrected chi connectivity index (χ4v) is 2.87. The second-order valence-corrected chi connectivity index (χ2v) is 5.72. The molecule has 3 heterocycles. The lowest BCUT2D eigenvalue weighted by atomic mass is 10.2. The van der Waals surface area contributed by atoms with Crippen LogP contribution in [0.1, 0.15) is 41.1 Å². The summed E-state index contributed by atoms with van der Waals surface area (Å²) in [5.74, 6) is 0.629. The lowest BCUT2D eigenvalue weighted by Crippen LogP contribution is -2.24. The largest absolute Gasteiger partial charge is 0.368 e. The molecule has 8 nitrogen and oxygen atoms in total. The van der Waals surface area contributed by atoms with Gasteiger partial charge in [0.15, 0.2) is 11.5 Å². The van der Waals surface area contributed by atoms with Gasteiger partial charge in [-0.3, -0.25) is 9.48 Å². The predicted molar refractivity (Wildman–Crippen MR) is 84.1 cm³/mol. The van der Waals surface area contributed by atoms with E-state index in [1.165, 1.54) is 0 Å². The van der Waals surface area contributed by atoms with Gasteiger partial charge in [0, 0.05) is 19.0 Å². The van der Waals surface area contributed by atoms with Crippen LogP contribution in [0.25, 0.3) is 10.9 Å². The van der Waals surface area contributed by atoms with Crippen LogP contribution < -0.4 is 5.32 Å². The van der Waals surface area contributed by atoms with Gasteiger partial charge >= 0.3 is 0 Å². The molecule has 24 heavy (non-hydrogen) atoms. The number of benzene rings is 1. The Bertz CT molecular complexity index is 879. The molecule has 1 aliphatic rings. The van der Waals surface area contributed by atoms with Crippen molar-refractivity contribution >= 4 is 16.8 Å². The number of hydrogen-bond acceptors (Lipinski definition) is 6. The third-order valence-corrected chi connectivity index (χ3v) is 4.07. The minimum absolute atomic E-state index is 0.123. The molecular weight excluding hydrogens is 310 g/mol. The number of carbonyl (C=O) groups excluding carboxylic acids is 1. The van der Waals surface area contributed by atoms with Gasteiger partial charge in [0.05, 0.1) is 12.1 Å². The van der Waals surface area contributed by atoms with E-state index in [0.29, 0.717) is 24.0 Å². The van der Waals surface area contributed by atoms with Crippen molar-refractivity contribution in [3.63, 3.8) is 0 Å². The van der Waals surface area contributed by atoms with E-state index in [1.807, 2.05) is 31.3 Å². The lowest BCUT2D eigenvalue weighted by molar-refractivity contribution is 0.0835. The molecule has 0 saturated carbocycles. The summed E-state index contributed by atoms with van der Waals surface area (Å²) in [5, 5.41) is 11.8. The van der Waals surface area contributed by atoms with Crippen molar-refractivity contribution in [2.45, 2.75) is 25.5 Å². The standard InChI is InChI=1S/C16H17N5O3/c1-21-11-6-3-2-5-10(11)14(19-21)15(22)17-9-13-18-16(24-20-13)12-7-4-8-23-12/h2-3,5-6,12H,4,7-9H2,1H3,(H,17,22)/t12-/m1/s1. The van der Waals surface area contributed by atoms with Crippen molar-refractivity contribution in [3.8, 4) is 0 Å². The maximum atomic E-state index is 12.4. The molecule has 124 valence electrons. The summed E-state index contributed by atoms with van der Waals surface area (Å²) in [6.07, 6.45) is 1.75. The monoisotopic (exact) mass is 327 g/mol. The van der Waals surface area contributed by atoms with Crippen LogP contribution in [0.15, 0.2) is 28.8 Å². The molecule has 1 atom stereocenters. The van der Waals surface area contributed by atoms with E-state index < -0.39 is 0 Å². The molecule has 0 bridgehead atoms. The first-order valence-corrected chi connectivity index (χ1v) is 7.86. The molecule has 0 unspecified atom stereocenters. The number of para-hydroxylation sites is 1. The van der Waals surface area contributed by atoms with Crippen molar-refractivity contribution in [2.24, 2.45) is 7.05 Å². The van der Waals surface area contributed by atoms with Gasteiger partial charge in [-0.25, -0.2) is 0 Å². The number of aryl methyl sites for hydroxylation is 1. The Morgan fingerprint density at radius 1 is 1.42 bits per heavy atom. The number of rotatable bonds is 4. The van der Waals surface area contributed by atoms with Gasteiger partial charge in [-0.15, -0.1) is 0 Å². The van der Waals surface area contributed by atoms with Crippen molar-refractivity contribution in [2.75, 3.05) is 6.61 Å². The molecule has 1 aliphatic heterocycles. The predicted octanol–water partition coefficient (Wildman–Crippen LogP) is 1.74. The second-order valence-electron chi connectivity index (χ2n) is 5.72. The van der Waals surface area contributed by atoms with E-state index in [1.54, 1.807) is 4.68 Å². The fraction of sp³-hybridized carbons (Fsp3) is 0.375. The van der Waals surface area contributed by atoms with E-state index in [9.17, 15) is 4.79 Å². The number of amides is 1. The summed E-state index contributed by atoms with van der Waals surface area (Å²) in [6.45, 7) is 0.895. The van der Waals surface area contributed by atoms with Crippen molar-refractivity contribution in [1.82, 2.24) is 25.2 Å². The minimum Gasteiger partial charge on any atom is -0.368 e. The number of nitrogens with one attached hydrogen (secondary N) is 1. The molecule has 1 amide bonds. The third kappa shape index (κ3) is 2.65. The van der Waals surface area contributed by atoms with E-state index in [4.69, 9.17) is 9.26 Å². The maximum absolute atomic E-state index is 12.4. The molecule has 1 N–H and O–H groups in total. The van der Waals surface area contributed by atoms with Crippen LogP contribution in [0.5, 0.6) is 0 Å². The Morgan fingerprint density at radius 2 is 2.29 bits per heavy atom. The van der Waals surface area contributed by atoms with Crippen LogP contribution >= 0.6 is 0 Å². The summed E-state index contributed by atoms with van der Waals surface area (Å²) in [4.78, 5) is 16.7. The Balaban J connectivity index is 1.46. The molecule has 1 aromatic carbocycles. The number of nitrogens with zero attached hydrogens (tertiary/aromatic N) is 4. The molecule has 2 aromatic heterocycles. The summed E-state index contributed by atoms with van der Waals surface area (Å²) in [5.41, 5.74) is 1.29. The highest BCUT2D eigenvalue weighted by Gasteiger charge is 2.24. The molecule has 4 rings (SSSR count). The van der Waals surface area contributed by atoms with Crippen LogP contribution in [-0.4, -0.2) is 32.4 Å². The van der Waals surface area contributed by atoms with Gasteiger partial charge in [-0.1, -0.05) is 23.4 Å². The SMILES string of the molecule is Cn1nc(C(=O)NCc2noc([C@H]3CCCO3)n2)c2ccccc21. The fourth-order valence-electron chi connectivity index (χ4n) is 2.87. The molecule has 0 radical (unpaired) electrons. The third-order valence-electron chi connectivity index (χ3n) is 4.07. The highest BCUT2D eigenvalue weighted by molar-refractivity contribution is 6.04. The van der Waals surface area contributed by atoms with E-state index >= 15 is 0 Å².